The molecule has 0 radical (unpaired) electrons. The lowest BCUT2D eigenvalue weighted by molar-refractivity contribution is 0.200. The standard InChI is InChI=1S/C18H23NO3/c1-14(15-7-5-8-17(12-15)21-2)19-13-16-6-3-4-9-18(16)22-11-10-20/h3-9,12,14,19-20H,10-11,13H2,1-2H3. The number of hydrogen-bond acceptors (Lipinski definition) is 4. The van der Waals surface area contributed by atoms with Crippen LogP contribution in [0.3, 0.4) is 0 Å². The normalized spacial score (nSPS) is 12.0. The summed E-state index contributed by atoms with van der Waals surface area (Å²) in [7, 11) is 1.67. The van der Waals surface area contributed by atoms with Crippen molar-refractivity contribution in [2.24, 2.45) is 0 Å². The van der Waals surface area contributed by atoms with Gasteiger partial charge in [0.15, 0.2) is 0 Å². The maximum atomic E-state index is 8.88. The average Bonchev–Trinajstić information content (AvgIpc) is 2.58. The molecule has 0 aliphatic rings. The van der Waals surface area contributed by atoms with Crippen molar-refractivity contribution in [1.82, 2.24) is 5.32 Å². The molecular formula is C18H23NO3. The molecule has 1 unspecified atom stereocenters. The minimum Gasteiger partial charge on any atom is -0.497 e. The van der Waals surface area contributed by atoms with Gasteiger partial charge >= 0.3 is 0 Å². The smallest absolute Gasteiger partial charge is 0.123 e. The number of rotatable bonds is 8. The molecule has 2 N–H and O–H groups in total. The third-order valence-electron chi connectivity index (χ3n) is 3.51. The molecule has 4 nitrogen and oxygen atoms in total. The second-order valence-electron chi connectivity index (χ2n) is 5.06. The highest BCUT2D eigenvalue weighted by atomic mass is 16.5. The second-order valence-corrected chi connectivity index (χ2v) is 5.06. The van der Waals surface area contributed by atoms with Crippen molar-refractivity contribution in [2.75, 3.05) is 20.3 Å². The summed E-state index contributed by atoms with van der Waals surface area (Å²) < 4.78 is 10.8. The molecule has 0 fully saturated rings. The summed E-state index contributed by atoms with van der Waals surface area (Å²) in [5, 5.41) is 12.4. The van der Waals surface area contributed by atoms with Crippen molar-refractivity contribution < 1.29 is 14.6 Å². The predicted molar refractivity (Wildman–Crippen MR) is 87.3 cm³/mol. The van der Waals surface area contributed by atoms with E-state index in [4.69, 9.17) is 14.6 Å². The summed E-state index contributed by atoms with van der Waals surface area (Å²) in [6, 6.07) is 16.1. The van der Waals surface area contributed by atoms with Crippen molar-refractivity contribution in [2.45, 2.75) is 19.5 Å². The first-order valence-corrected chi connectivity index (χ1v) is 7.43. The predicted octanol–water partition coefficient (Wildman–Crippen LogP) is 2.92. The molecule has 0 saturated carbocycles. The van der Waals surface area contributed by atoms with Gasteiger partial charge in [-0.2, -0.15) is 0 Å². The summed E-state index contributed by atoms with van der Waals surface area (Å²) in [6.45, 7) is 3.14. The van der Waals surface area contributed by atoms with Gasteiger partial charge in [0.1, 0.15) is 18.1 Å². The van der Waals surface area contributed by atoms with Gasteiger partial charge in [0, 0.05) is 18.2 Å². The van der Waals surface area contributed by atoms with Crippen LogP contribution in [0, 0.1) is 0 Å². The molecule has 0 bridgehead atoms. The molecule has 0 saturated heterocycles. The zero-order valence-electron chi connectivity index (χ0n) is 13.1. The van der Waals surface area contributed by atoms with E-state index < -0.39 is 0 Å². The summed E-state index contributed by atoms with van der Waals surface area (Å²) in [4.78, 5) is 0. The molecular weight excluding hydrogens is 278 g/mol. The molecule has 0 spiro atoms. The third-order valence-corrected chi connectivity index (χ3v) is 3.51. The van der Waals surface area contributed by atoms with Crippen molar-refractivity contribution in [1.29, 1.82) is 0 Å². The van der Waals surface area contributed by atoms with Gasteiger partial charge in [-0.25, -0.2) is 0 Å². The average molecular weight is 301 g/mol. The molecule has 0 heterocycles. The Labute approximate surface area is 131 Å². The second kappa shape index (κ2) is 8.41. The molecule has 0 aliphatic heterocycles. The van der Waals surface area contributed by atoms with E-state index in [1.165, 1.54) is 5.56 Å². The topological polar surface area (TPSA) is 50.7 Å². The SMILES string of the molecule is COc1cccc(C(C)NCc2ccccc2OCCO)c1. The van der Waals surface area contributed by atoms with Crippen LogP contribution in [-0.2, 0) is 6.54 Å². The number of methoxy groups -OCH3 is 1. The first-order chi connectivity index (χ1) is 10.7. The van der Waals surface area contributed by atoms with Crippen LogP contribution in [-0.4, -0.2) is 25.4 Å². The molecule has 0 aromatic heterocycles. The van der Waals surface area contributed by atoms with Crippen LogP contribution < -0.4 is 14.8 Å². The lowest BCUT2D eigenvalue weighted by atomic mass is 10.1. The van der Waals surface area contributed by atoms with Gasteiger partial charge in [-0.05, 0) is 30.7 Å². The lowest BCUT2D eigenvalue weighted by Crippen LogP contribution is -2.18. The van der Waals surface area contributed by atoms with Crippen LogP contribution in [0.4, 0.5) is 0 Å². The van der Waals surface area contributed by atoms with Crippen LogP contribution in [0.2, 0.25) is 0 Å². The van der Waals surface area contributed by atoms with Gasteiger partial charge < -0.3 is 19.9 Å². The van der Waals surface area contributed by atoms with Gasteiger partial charge in [0.25, 0.3) is 0 Å². The van der Waals surface area contributed by atoms with Crippen molar-refractivity contribution >= 4 is 0 Å². The van der Waals surface area contributed by atoms with Crippen LogP contribution in [0.15, 0.2) is 48.5 Å². The maximum Gasteiger partial charge on any atom is 0.123 e. The quantitative estimate of drug-likeness (QED) is 0.787. The van der Waals surface area contributed by atoms with Gasteiger partial charge in [0.05, 0.1) is 13.7 Å². The highest BCUT2D eigenvalue weighted by molar-refractivity contribution is 5.34. The Morgan fingerprint density at radius 1 is 1.14 bits per heavy atom. The fourth-order valence-corrected chi connectivity index (χ4v) is 2.24. The van der Waals surface area contributed by atoms with E-state index in [2.05, 4.69) is 18.3 Å². The molecule has 2 aromatic carbocycles. The van der Waals surface area contributed by atoms with Crippen molar-refractivity contribution in [3.63, 3.8) is 0 Å². The fourth-order valence-electron chi connectivity index (χ4n) is 2.24. The zero-order valence-corrected chi connectivity index (χ0v) is 13.1. The molecule has 2 aromatic rings. The monoisotopic (exact) mass is 301 g/mol. The van der Waals surface area contributed by atoms with E-state index in [1.54, 1.807) is 7.11 Å². The Kier molecular flexibility index (Phi) is 6.25. The first-order valence-electron chi connectivity index (χ1n) is 7.43. The number of ether oxygens (including phenoxy) is 2. The van der Waals surface area contributed by atoms with E-state index in [0.717, 1.165) is 17.1 Å². The van der Waals surface area contributed by atoms with Crippen LogP contribution in [0.5, 0.6) is 11.5 Å². The Bertz CT molecular complexity index is 586. The van der Waals surface area contributed by atoms with Crippen molar-refractivity contribution in [3.8, 4) is 11.5 Å². The minimum atomic E-state index is 0.0158. The van der Waals surface area contributed by atoms with Gasteiger partial charge in [-0.3, -0.25) is 0 Å². The van der Waals surface area contributed by atoms with E-state index in [9.17, 15) is 0 Å². The van der Waals surface area contributed by atoms with Gasteiger partial charge in [0.2, 0.25) is 0 Å². The largest absolute Gasteiger partial charge is 0.497 e. The molecule has 2 rings (SSSR count). The molecule has 22 heavy (non-hydrogen) atoms. The number of hydrogen-bond donors (Lipinski definition) is 2. The van der Waals surface area contributed by atoms with Crippen LogP contribution in [0.1, 0.15) is 24.1 Å². The number of nitrogens with one attached hydrogen (secondary N) is 1. The lowest BCUT2D eigenvalue weighted by Gasteiger charge is -2.17. The third kappa shape index (κ3) is 4.48. The number of para-hydroxylation sites is 1. The van der Waals surface area contributed by atoms with E-state index in [-0.39, 0.29) is 12.6 Å². The van der Waals surface area contributed by atoms with Crippen LogP contribution >= 0.6 is 0 Å². The molecule has 118 valence electrons. The Hall–Kier alpha value is -2.04. The fraction of sp³-hybridized carbons (Fsp3) is 0.333. The van der Waals surface area contributed by atoms with Crippen molar-refractivity contribution in [3.05, 3.63) is 59.7 Å². The summed E-state index contributed by atoms with van der Waals surface area (Å²) in [5.41, 5.74) is 2.25. The first kappa shape index (κ1) is 16.3. The molecule has 0 amide bonds. The molecule has 4 heteroatoms. The van der Waals surface area contributed by atoms with Gasteiger partial charge in [-0.15, -0.1) is 0 Å². The summed E-state index contributed by atoms with van der Waals surface area (Å²) in [6.07, 6.45) is 0. The minimum absolute atomic E-state index is 0.0158. The Morgan fingerprint density at radius 2 is 1.95 bits per heavy atom. The Morgan fingerprint density at radius 3 is 2.73 bits per heavy atom. The Balaban J connectivity index is 2.00. The van der Waals surface area contributed by atoms with Gasteiger partial charge in [-0.1, -0.05) is 30.3 Å². The maximum absolute atomic E-state index is 8.88. The summed E-state index contributed by atoms with van der Waals surface area (Å²) in [5.74, 6) is 1.67. The number of benzene rings is 2. The molecule has 1 atom stereocenters. The highest BCUT2D eigenvalue weighted by Gasteiger charge is 2.08. The van der Waals surface area contributed by atoms with E-state index >= 15 is 0 Å². The zero-order chi connectivity index (χ0) is 15.8. The summed E-state index contributed by atoms with van der Waals surface area (Å²) >= 11 is 0. The van der Waals surface area contributed by atoms with E-state index in [1.807, 2.05) is 42.5 Å². The number of aliphatic hydroxyl groups excluding tert-OH is 1. The number of aliphatic hydroxyl groups is 1. The highest BCUT2D eigenvalue weighted by Crippen LogP contribution is 2.21. The van der Waals surface area contributed by atoms with E-state index in [0.29, 0.717) is 13.2 Å². The molecule has 0 aliphatic carbocycles. The van der Waals surface area contributed by atoms with Crippen LogP contribution in [0.25, 0.3) is 0 Å².